The third-order valence-electron chi connectivity index (χ3n) is 1.98. The second-order valence-electron chi connectivity index (χ2n) is 3.15. The van der Waals surface area contributed by atoms with Gasteiger partial charge in [0.05, 0.1) is 12.6 Å². The van der Waals surface area contributed by atoms with E-state index in [-0.39, 0.29) is 12.6 Å². The van der Waals surface area contributed by atoms with E-state index in [1.54, 1.807) is 6.20 Å². The summed E-state index contributed by atoms with van der Waals surface area (Å²) in [5.41, 5.74) is 1.17. The van der Waals surface area contributed by atoms with Crippen LogP contribution in [-0.2, 0) is 0 Å². The Morgan fingerprint density at radius 3 is 2.92 bits per heavy atom. The molecule has 0 fully saturated rings. The molecule has 0 saturated carbocycles. The van der Waals surface area contributed by atoms with Gasteiger partial charge in [-0.05, 0) is 31.0 Å². The number of pyridine rings is 1. The maximum Gasteiger partial charge on any atom is 0.126 e. The maximum absolute atomic E-state index is 8.97. The predicted molar refractivity (Wildman–Crippen MR) is 53.8 cm³/mol. The van der Waals surface area contributed by atoms with E-state index in [0.717, 1.165) is 12.2 Å². The lowest BCUT2D eigenvalue weighted by Crippen LogP contribution is -2.23. The van der Waals surface area contributed by atoms with E-state index in [0.29, 0.717) is 0 Å². The number of aliphatic hydroxyl groups excluding tert-OH is 1. The van der Waals surface area contributed by atoms with Crippen molar-refractivity contribution in [2.24, 2.45) is 0 Å². The molecule has 3 nitrogen and oxygen atoms in total. The Labute approximate surface area is 78.8 Å². The number of rotatable bonds is 4. The molecule has 1 aromatic heterocycles. The number of nitrogens with zero attached hydrogens (tertiary/aromatic N) is 1. The Kier molecular flexibility index (Phi) is 3.71. The smallest absolute Gasteiger partial charge is 0.126 e. The molecule has 0 bridgehead atoms. The number of nitrogens with one attached hydrogen (secondary N) is 1. The topological polar surface area (TPSA) is 45.1 Å². The van der Waals surface area contributed by atoms with Crippen LogP contribution in [0.4, 0.5) is 5.82 Å². The van der Waals surface area contributed by atoms with Gasteiger partial charge in [0.2, 0.25) is 0 Å². The highest BCUT2D eigenvalue weighted by molar-refractivity contribution is 5.37. The normalized spacial score (nSPS) is 12.5. The molecule has 1 heterocycles. The van der Waals surface area contributed by atoms with Gasteiger partial charge in [0, 0.05) is 6.20 Å². The monoisotopic (exact) mass is 180 g/mol. The Bertz CT molecular complexity index is 259. The van der Waals surface area contributed by atoms with E-state index in [9.17, 15) is 0 Å². The van der Waals surface area contributed by atoms with Crippen molar-refractivity contribution in [3.05, 3.63) is 23.9 Å². The fraction of sp³-hybridized carbons (Fsp3) is 0.500. The SMILES string of the molecule is CC[C@H](CO)Nc1cc(C)ccn1. The van der Waals surface area contributed by atoms with Crippen LogP contribution >= 0.6 is 0 Å². The summed E-state index contributed by atoms with van der Waals surface area (Å²) < 4.78 is 0. The van der Waals surface area contributed by atoms with Crippen LogP contribution in [0.2, 0.25) is 0 Å². The van der Waals surface area contributed by atoms with E-state index < -0.39 is 0 Å². The van der Waals surface area contributed by atoms with Gasteiger partial charge in [-0.2, -0.15) is 0 Å². The number of anilines is 1. The average molecular weight is 180 g/mol. The van der Waals surface area contributed by atoms with Crippen molar-refractivity contribution < 1.29 is 5.11 Å². The van der Waals surface area contributed by atoms with Crippen molar-refractivity contribution in [3.8, 4) is 0 Å². The van der Waals surface area contributed by atoms with Crippen molar-refractivity contribution in [2.45, 2.75) is 26.3 Å². The van der Waals surface area contributed by atoms with Crippen LogP contribution in [0.15, 0.2) is 18.3 Å². The van der Waals surface area contributed by atoms with Gasteiger partial charge in [-0.3, -0.25) is 0 Å². The lowest BCUT2D eigenvalue weighted by atomic mass is 10.2. The molecule has 0 aliphatic rings. The van der Waals surface area contributed by atoms with E-state index in [2.05, 4.69) is 10.3 Å². The molecule has 1 rings (SSSR count). The van der Waals surface area contributed by atoms with Crippen molar-refractivity contribution >= 4 is 5.82 Å². The molecule has 0 unspecified atom stereocenters. The Morgan fingerprint density at radius 1 is 1.62 bits per heavy atom. The molecule has 0 spiro atoms. The van der Waals surface area contributed by atoms with Crippen molar-refractivity contribution in [1.29, 1.82) is 0 Å². The Balaban J connectivity index is 2.62. The van der Waals surface area contributed by atoms with Crippen molar-refractivity contribution in [2.75, 3.05) is 11.9 Å². The second kappa shape index (κ2) is 4.82. The summed E-state index contributed by atoms with van der Waals surface area (Å²) in [5, 5.41) is 12.1. The predicted octanol–water partition coefficient (Wildman–Crippen LogP) is 1.57. The highest BCUT2D eigenvalue weighted by Gasteiger charge is 2.03. The molecule has 3 heteroatoms. The van der Waals surface area contributed by atoms with Gasteiger partial charge in [-0.1, -0.05) is 6.92 Å². The van der Waals surface area contributed by atoms with Gasteiger partial charge >= 0.3 is 0 Å². The van der Waals surface area contributed by atoms with Crippen LogP contribution in [0.5, 0.6) is 0 Å². The van der Waals surface area contributed by atoms with Gasteiger partial charge in [0.1, 0.15) is 5.82 Å². The summed E-state index contributed by atoms with van der Waals surface area (Å²) in [6, 6.07) is 4.03. The lowest BCUT2D eigenvalue weighted by Gasteiger charge is -2.14. The Hall–Kier alpha value is -1.09. The van der Waals surface area contributed by atoms with E-state index >= 15 is 0 Å². The van der Waals surface area contributed by atoms with Gasteiger partial charge in [-0.25, -0.2) is 4.98 Å². The second-order valence-corrected chi connectivity index (χ2v) is 3.15. The van der Waals surface area contributed by atoms with Crippen LogP contribution in [0.3, 0.4) is 0 Å². The minimum atomic E-state index is 0.106. The maximum atomic E-state index is 8.97. The average Bonchev–Trinajstić information content (AvgIpc) is 2.14. The number of aryl methyl sites for hydroxylation is 1. The zero-order valence-electron chi connectivity index (χ0n) is 8.12. The number of hydrogen-bond donors (Lipinski definition) is 2. The van der Waals surface area contributed by atoms with Crippen molar-refractivity contribution in [3.63, 3.8) is 0 Å². The third-order valence-corrected chi connectivity index (χ3v) is 1.98. The fourth-order valence-corrected chi connectivity index (χ4v) is 1.10. The standard InChI is InChI=1S/C10H16N2O/c1-3-9(7-13)12-10-6-8(2)4-5-11-10/h4-6,9,13H,3,7H2,1-2H3,(H,11,12)/t9-/m1/s1. The Morgan fingerprint density at radius 2 is 2.38 bits per heavy atom. The van der Waals surface area contributed by atoms with Crippen molar-refractivity contribution in [1.82, 2.24) is 4.98 Å². The molecular formula is C10H16N2O. The molecule has 1 atom stereocenters. The van der Waals surface area contributed by atoms with Crippen LogP contribution in [0.1, 0.15) is 18.9 Å². The minimum absolute atomic E-state index is 0.106. The number of hydrogen-bond acceptors (Lipinski definition) is 3. The number of aliphatic hydroxyl groups is 1. The summed E-state index contributed by atoms with van der Waals surface area (Å²) in [4.78, 5) is 4.15. The van der Waals surface area contributed by atoms with E-state index in [4.69, 9.17) is 5.11 Å². The first kappa shape index (κ1) is 9.99. The molecule has 0 radical (unpaired) electrons. The quantitative estimate of drug-likeness (QED) is 0.739. The third kappa shape index (κ3) is 3.03. The van der Waals surface area contributed by atoms with Gasteiger partial charge in [0.25, 0.3) is 0 Å². The van der Waals surface area contributed by atoms with Crippen LogP contribution in [0, 0.1) is 6.92 Å². The first-order valence-corrected chi connectivity index (χ1v) is 4.56. The largest absolute Gasteiger partial charge is 0.394 e. The lowest BCUT2D eigenvalue weighted by molar-refractivity contribution is 0.271. The molecule has 0 saturated heterocycles. The summed E-state index contributed by atoms with van der Waals surface area (Å²) >= 11 is 0. The molecule has 0 amide bonds. The first-order chi connectivity index (χ1) is 6.26. The van der Waals surface area contributed by atoms with Crippen LogP contribution in [-0.4, -0.2) is 22.7 Å². The zero-order chi connectivity index (χ0) is 9.68. The summed E-state index contributed by atoms with van der Waals surface area (Å²) in [7, 11) is 0. The first-order valence-electron chi connectivity index (χ1n) is 4.56. The molecule has 0 aliphatic heterocycles. The molecule has 1 aromatic rings. The fourth-order valence-electron chi connectivity index (χ4n) is 1.10. The van der Waals surface area contributed by atoms with Gasteiger partial charge in [-0.15, -0.1) is 0 Å². The summed E-state index contributed by atoms with van der Waals surface area (Å²) in [6.07, 6.45) is 2.66. The van der Waals surface area contributed by atoms with Gasteiger partial charge < -0.3 is 10.4 Å². The highest BCUT2D eigenvalue weighted by Crippen LogP contribution is 2.07. The molecule has 0 aliphatic carbocycles. The molecular weight excluding hydrogens is 164 g/mol. The number of aromatic nitrogens is 1. The summed E-state index contributed by atoms with van der Waals surface area (Å²) in [6.45, 7) is 4.20. The van der Waals surface area contributed by atoms with E-state index in [1.165, 1.54) is 5.56 Å². The molecule has 2 N–H and O–H groups in total. The zero-order valence-corrected chi connectivity index (χ0v) is 8.12. The highest BCUT2D eigenvalue weighted by atomic mass is 16.3. The minimum Gasteiger partial charge on any atom is -0.394 e. The van der Waals surface area contributed by atoms with Gasteiger partial charge in [0.15, 0.2) is 0 Å². The summed E-state index contributed by atoms with van der Waals surface area (Å²) in [5.74, 6) is 0.834. The molecule has 72 valence electrons. The van der Waals surface area contributed by atoms with Crippen LogP contribution < -0.4 is 5.32 Å². The van der Waals surface area contributed by atoms with E-state index in [1.807, 2.05) is 26.0 Å². The molecule has 13 heavy (non-hydrogen) atoms. The molecule has 0 aromatic carbocycles. The van der Waals surface area contributed by atoms with Crippen LogP contribution in [0.25, 0.3) is 0 Å².